The second kappa shape index (κ2) is 9.04. The van der Waals surface area contributed by atoms with Crippen LogP contribution in [0.5, 0.6) is 0 Å². The van der Waals surface area contributed by atoms with Crippen LogP contribution in [0.1, 0.15) is 34.2 Å². The number of carbonyl (C=O) groups excluding carboxylic acids is 1. The lowest BCUT2D eigenvalue weighted by Crippen LogP contribution is -2.41. The van der Waals surface area contributed by atoms with E-state index in [1.165, 1.54) is 5.56 Å². The van der Waals surface area contributed by atoms with Crippen molar-refractivity contribution in [3.05, 3.63) is 70.3 Å². The minimum Gasteiger partial charge on any atom is -0.480 e. The normalized spacial score (nSPS) is 11.7. The first kappa shape index (κ1) is 19.5. The molecular formula is C21H25NO4. The molecule has 138 valence electrons. The third-order valence-electron chi connectivity index (χ3n) is 4.33. The number of rotatable bonds is 7. The average Bonchev–Trinajstić information content (AvgIpc) is 2.58. The molecule has 5 nitrogen and oxygen atoms in total. The van der Waals surface area contributed by atoms with E-state index in [2.05, 4.69) is 17.4 Å². The lowest BCUT2D eigenvalue weighted by atomic mass is 9.94. The van der Waals surface area contributed by atoms with Crippen molar-refractivity contribution in [2.24, 2.45) is 0 Å². The van der Waals surface area contributed by atoms with Gasteiger partial charge in [0, 0.05) is 0 Å². The van der Waals surface area contributed by atoms with Crippen molar-refractivity contribution in [2.75, 3.05) is 0 Å². The number of benzene rings is 2. The van der Waals surface area contributed by atoms with Gasteiger partial charge < -0.3 is 15.2 Å². The van der Waals surface area contributed by atoms with Crippen LogP contribution in [0.2, 0.25) is 0 Å². The van der Waals surface area contributed by atoms with E-state index >= 15 is 0 Å². The van der Waals surface area contributed by atoms with Crippen LogP contribution in [-0.2, 0) is 22.6 Å². The highest BCUT2D eigenvalue weighted by molar-refractivity contribution is 5.79. The Morgan fingerprint density at radius 3 is 2.27 bits per heavy atom. The maximum absolute atomic E-state index is 11.9. The maximum atomic E-state index is 11.9. The zero-order valence-electron chi connectivity index (χ0n) is 15.4. The summed E-state index contributed by atoms with van der Waals surface area (Å²) < 4.78 is 5.11. The predicted octanol–water partition coefficient (Wildman–Crippen LogP) is 3.92. The van der Waals surface area contributed by atoms with Crippen LogP contribution in [0.15, 0.2) is 42.5 Å². The van der Waals surface area contributed by atoms with Crippen molar-refractivity contribution in [3.8, 4) is 0 Å². The Morgan fingerprint density at radius 1 is 1.08 bits per heavy atom. The Kier molecular flexibility index (Phi) is 6.78. The Balaban J connectivity index is 1.92. The van der Waals surface area contributed by atoms with Crippen molar-refractivity contribution in [2.45, 2.75) is 46.3 Å². The maximum Gasteiger partial charge on any atom is 0.408 e. The monoisotopic (exact) mass is 355 g/mol. The Labute approximate surface area is 154 Å². The molecule has 0 saturated carbocycles. The summed E-state index contributed by atoms with van der Waals surface area (Å²) >= 11 is 0. The van der Waals surface area contributed by atoms with Crippen LogP contribution in [0.25, 0.3) is 0 Å². The Hall–Kier alpha value is -2.82. The average molecular weight is 355 g/mol. The number of alkyl carbamates (subject to hydrolysis) is 1. The van der Waals surface area contributed by atoms with Gasteiger partial charge in [0.1, 0.15) is 12.6 Å². The molecule has 5 heteroatoms. The van der Waals surface area contributed by atoms with Crippen LogP contribution in [-0.4, -0.2) is 23.2 Å². The minimum absolute atomic E-state index is 0.106. The molecule has 0 bridgehead atoms. The van der Waals surface area contributed by atoms with Gasteiger partial charge in [0.2, 0.25) is 0 Å². The van der Waals surface area contributed by atoms with Gasteiger partial charge in [-0.2, -0.15) is 0 Å². The first-order chi connectivity index (χ1) is 12.4. The topological polar surface area (TPSA) is 75.6 Å². The van der Waals surface area contributed by atoms with Gasteiger partial charge in [0.05, 0.1) is 0 Å². The van der Waals surface area contributed by atoms with Crippen LogP contribution in [0, 0.1) is 20.8 Å². The van der Waals surface area contributed by atoms with Crippen LogP contribution >= 0.6 is 0 Å². The molecule has 0 heterocycles. The molecule has 2 aromatic carbocycles. The third-order valence-corrected chi connectivity index (χ3v) is 4.33. The first-order valence-electron chi connectivity index (χ1n) is 8.63. The summed E-state index contributed by atoms with van der Waals surface area (Å²) in [4.78, 5) is 23.4. The van der Waals surface area contributed by atoms with Gasteiger partial charge in [-0.25, -0.2) is 9.59 Å². The number of nitrogens with one attached hydrogen (secondary N) is 1. The number of aliphatic carboxylic acids is 1. The summed E-state index contributed by atoms with van der Waals surface area (Å²) in [6.45, 7) is 6.18. The number of aryl methyl sites for hydroxylation is 3. The van der Waals surface area contributed by atoms with E-state index in [-0.39, 0.29) is 6.61 Å². The van der Waals surface area contributed by atoms with Gasteiger partial charge in [-0.05, 0) is 55.9 Å². The van der Waals surface area contributed by atoms with E-state index in [9.17, 15) is 14.7 Å². The zero-order valence-corrected chi connectivity index (χ0v) is 15.4. The fourth-order valence-corrected chi connectivity index (χ4v) is 3.06. The molecule has 2 rings (SSSR count). The van der Waals surface area contributed by atoms with E-state index in [1.54, 1.807) is 0 Å². The molecule has 0 saturated heterocycles. The second-order valence-electron chi connectivity index (χ2n) is 6.51. The molecule has 0 aromatic heterocycles. The van der Waals surface area contributed by atoms with Crippen LogP contribution < -0.4 is 5.32 Å². The second-order valence-corrected chi connectivity index (χ2v) is 6.51. The van der Waals surface area contributed by atoms with Crippen molar-refractivity contribution < 1.29 is 19.4 Å². The van der Waals surface area contributed by atoms with E-state index < -0.39 is 18.1 Å². The number of hydrogen-bond donors (Lipinski definition) is 2. The molecule has 1 atom stereocenters. The molecule has 0 radical (unpaired) electrons. The molecule has 0 unspecified atom stereocenters. The van der Waals surface area contributed by atoms with E-state index in [4.69, 9.17) is 4.74 Å². The van der Waals surface area contributed by atoms with Gasteiger partial charge in [-0.3, -0.25) is 0 Å². The summed E-state index contributed by atoms with van der Waals surface area (Å²) in [5.74, 6) is -1.07. The van der Waals surface area contributed by atoms with Crippen molar-refractivity contribution in [3.63, 3.8) is 0 Å². The number of carboxylic acids is 1. The molecule has 0 spiro atoms. The molecule has 0 aliphatic carbocycles. The molecule has 0 fully saturated rings. The quantitative estimate of drug-likeness (QED) is 0.789. The van der Waals surface area contributed by atoms with Crippen molar-refractivity contribution in [1.29, 1.82) is 0 Å². The fourth-order valence-electron chi connectivity index (χ4n) is 3.06. The van der Waals surface area contributed by atoms with Crippen LogP contribution in [0.4, 0.5) is 4.79 Å². The summed E-state index contributed by atoms with van der Waals surface area (Å²) in [6.07, 6.45) is 0.160. The highest BCUT2D eigenvalue weighted by atomic mass is 16.5. The number of carboxylic acid groups (broad SMARTS) is 1. The molecular weight excluding hydrogens is 330 g/mol. The molecule has 26 heavy (non-hydrogen) atoms. The summed E-state index contributed by atoms with van der Waals surface area (Å²) in [5.41, 5.74) is 5.43. The van der Waals surface area contributed by atoms with Gasteiger partial charge >= 0.3 is 12.1 Å². The summed E-state index contributed by atoms with van der Waals surface area (Å²) in [7, 11) is 0. The van der Waals surface area contributed by atoms with E-state index in [1.807, 2.05) is 51.1 Å². The lowest BCUT2D eigenvalue weighted by molar-refractivity contribution is -0.139. The van der Waals surface area contributed by atoms with E-state index in [0.29, 0.717) is 12.8 Å². The van der Waals surface area contributed by atoms with Crippen LogP contribution in [0.3, 0.4) is 0 Å². The summed E-state index contributed by atoms with van der Waals surface area (Å²) in [6, 6.07) is 12.4. The SMILES string of the molecule is Cc1cc(C)c(CC[C@@H](NC(=O)OCc2ccccc2)C(=O)O)c(C)c1. The highest BCUT2D eigenvalue weighted by Gasteiger charge is 2.21. The Morgan fingerprint density at radius 2 is 1.69 bits per heavy atom. The number of hydrogen-bond acceptors (Lipinski definition) is 3. The van der Waals surface area contributed by atoms with Gasteiger partial charge in [-0.1, -0.05) is 48.0 Å². The van der Waals surface area contributed by atoms with Crippen molar-refractivity contribution >= 4 is 12.1 Å². The molecule has 0 aliphatic rings. The molecule has 2 N–H and O–H groups in total. The van der Waals surface area contributed by atoms with Gasteiger partial charge in [0.25, 0.3) is 0 Å². The third kappa shape index (κ3) is 5.62. The Bertz CT molecular complexity index is 748. The molecule has 0 aliphatic heterocycles. The molecule has 2 aromatic rings. The standard InChI is InChI=1S/C21H25NO4/c1-14-11-15(2)18(16(3)12-14)9-10-19(20(23)24)22-21(25)26-13-17-7-5-4-6-8-17/h4-8,11-12,19H,9-10,13H2,1-3H3,(H,22,25)(H,23,24)/t19-/m1/s1. The van der Waals surface area contributed by atoms with E-state index in [0.717, 1.165) is 22.3 Å². The van der Waals surface area contributed by atoms with Gasteiger partial charge in [-0.15, -0.1) is 0 Å². The number of ether oxygens (including phenoxy) is 1. The highest BCUT2D eigenvalue weighted by Crippen LogP contribution is 2.18. The largest absolute Gasteiger partial charge is 0.480 e. The zero-order chi connectivity index (χ0) is 19.1. The molecule has 1 amide bonds. The fraction of sp³-hybridized carbons (Fsp3) is 0.333. The number of carbonyl (C=O) groups is 2. The number of amides is 1. The van der Waals surface area contributed by atoms with Crippen molar-refractivity contribution in [1.82, 2.24) is 5.32 Å². The minimum atomic E-state index is -1.07. The first-order valence-corrected chi connectivity index (χ1v) is 8.63. The summed E-state index contributed by atoms with van der Waals surface area (Å²) in [5, 5.41) is 11.8. The predicted molar refractivity (Wildman–Crippen MR) is 100 cm³/mol. The lowest BCUT2D eigenvalue weighted by Gasteiger charge is -2.17. The smallest absolute Gasteiger partial charge is 0.408 e. The van der Waals surface area contributed by atoms with Gasteiger partial charge in [0.15, 0.2) is 0 Å².